The number of hydrogen-bond donors (Lipinski definition) is 3. The van der Waals surface area contributed by atoms with Gasteiger partial charge in [0.05, 0.1) is 0 Å². The first kappa shape index (κ1) is 15.6. The number of nitrogens with one attached hydrogen (secondary N) is 1. The number of aliphatic hydroxyl groups is 1. The van der Waals surface area contributed by atoms with Gasteiger partial charge in [-0.3, -0.25) is 9.69 Å². The smallest absolute Gasteiger partial charge is 0.328 e. The van der Waals surface area contributed by atoms with Crippen LogP contribution in [0, 0.1) is 0 Å². The van der Waals surface area contributed by atoms with E-state index in [1.165, 1.54) is 0 Å². The van der Waals surface area contributed by atoms with Crippen molar-refractivity contribution in [3.63, 3.8) is 0 Å². The van der Waals surface area contributed by atoms with Crippen molar-refractivity contribution in [1.82, 2.24) is 15.1 Å². The third-order valence-electron chi connectivity index (χ3n) is 4.05. The lowest BCUT2D eigenvalue weighted by atomic mass is 10.00. The summed E-state index contributed by atoms with van der Waals surface area (Å²) in [5.41, 5.74) is 0. The third kappa shape index (κ3) is 3.44. The third-order valence-corrected chi connectivity index (χ3v) is 4.05. The molecule has 2 heterocycles. The highest BCUT2D eigenvalue weighted by Gasteiger charge is 2.39. The van der Waals surface area contributed by atoms with Gasteiger partial charge in [-0.05, 0) is 25.7 Å². The minimum Gasteiger partial charge on any atom is -0.480 e. The van der Waals surface area contributed by atoms with Gasteiger partial charge in [-0.1, -0.05) is 0 Å². The topological polar surface area (TPSA) is 110 Å². The molecule has 0 aromatic rings. The van der Waals surface area contributed by atoms with Gasteiger partial charge in [0.2, 0.25) is 5.91 Å². The number of urea groups is 1. The van der Waals surface area contributed by atoms with Crippen molar-refractivity contribution in [2.75, 3.05) is 26.2 Å². The SMILES string of the molecule is O=C1CN(C(=O)N2CCCCC2CCO)C(C(=O)O)CN1. The van der Waals surface area contributed by atoms with Crippen molar-refractivity contribution in [3.8, 4) is 0 Å². The quantitative estimate of drug-likeness (QED) is 0.634. The van der Waals surface area contributed by atoms with Crippen LogP contribution in [0.1, 0.15) is 25.7 Å². The van der Waals surface area contributed by atoms with Gasteiger partial charge in [0.1, 0.15) is 12.6 Å². The Balaban J connectivity index is 2.14. The fourth-order valence-corrected chi connectivity index (χ4v) is 2.93. The Labute approximate surface area is 122 Å². The summed E-state index contributed by atoms with van der Waals surface area (Å²) in [7, 11) is 0. The summed E-state index contributed by atoms with van der Waals surface area (Å²) >= 11 is 0. The van der Waals surface area contributed by atoms with E-state index >= 15 is 0 Å². The number of hydrogen-bond acceptors (Lipinski definition) is 4. The van der Waals surface area contributed by atoms with Gasteiger partial charge in [0, 0.05) is 25.7 Å². The predicted octanol–water partition coefficient (Wildman–Crippen LogP) is -0.772. The lowest BCUT2D eigenvalue weighted by Gasteiger charge is -2.41. The highest BCUT2D eigenvalue weighted by molar-refractivity contribution is 5.90. The summed E-state index contributed by atoms with van der Waals surface area (Å²) in [6.07, 6.45) is 3.11. The van der Waals surface area contributed by atoms with E-state index in [2.05, 4.69) is 5.32 Å². The second-order valence-electron chi connectivity index (χ2n) is 5.42. The van der Waals surface area contributed by atoms with Gasteiger partial charge < -0.3 is 20.4 Å². The van der Waals surface area contributed by atoms with E-state index in [4.69, 9.17) is 5.11 Å². The number of aliphatic carboxylic acids is 1. The molecule has 2 fully saturated rings. The number of piperazine rings is 1. The lowest BCUT2D eigenvalue weighted by Crippen LogP contribution is -2.63. The van der Waals surface area contributed by atoms with E-state index in [0.717, 1.165) is 24.2 Å². The molecule has 2 aliphatic rings. The zero-order valence-corrected chi connectivity index (χ0v) is 11.8. The number of carbonyl (C=O) groups excluding carboxylic acids is 2. The summed E-state index contributed by atoms with van der Waals surface area (Å²) in [4.78, 5) is 38.1. The summed E-state index contributed by atoms with van der Waals surface area (Å²) < 4.78 is 0. The molecular weight excluding hydrogens is 278 g/mol. The molecule has 3 amide bonds. The van der Waals surface area contributed by atoms with Crippen LogP contribution in [0.25, 0.3) is 0 Å². The molecule has 2 atom stereocenters. The summed E-state index contributed by atoms with van der Waals surface area (Å²) in [5.74, 6) is -1.48. The summed E-state index contributed by atoms with van der Waals surface area (Å²) in [5, 5.41) is 20.8. The number of likely N-dealkylation sites (tertiary alicyclic amines) is 1. The maximum atomic E-state index is 12.6. The number of amides is 3. The van der Waals surface area contributed by atoms with Crippen LogP contribution in [0.4, 0.5) is 4.79 Å². The molecule has 0 aliphatic carbocycles. The largest absolute Gasteiger partial charge is 0.480 e. The average molecular weight is 299 g/mol. The Bertz CT molecular complexity index is 426. The lowest BCUT2D eigenvalue weighted by molar-refractivity contribution is -0.144. The molecule has 0 aromatic heterocycles. The normalized spacial score (nSPS) is 26.4. The van der Waals surface area contributed by atoms with E-state index in [9.17, 15) is 19.5 Å². The number of aliphatic hydroxyl groups excluding tert-OH is 1. The number of piperidine rings is 1. The first-order valence-electron chi connectivity index (χ1n) is 7.22. The molecule has 118 valence electrons. The molecule has 2 saturated heterocycles. The Hall–Kier alpha value is -1.83. The van der Waals surface area contributed by atoms with Gasteiger partial charge >= 0.3 is 12.0 Å². The molecule has 2 rings (SSSR count). The standard InChI is InChI=1S/C13H21N3O5/c17-6-4-9-3-1-2-5-15(9)13(21)16-8-11(18)14-7-10(16)12(19)20/h9-10,17H,1-8H2,(H,14,18)(H,19,20). The van der Waals surface area contributed by atoms with Gasteiger partial charge in [0.25, 0.3) is 0 Å². The monoisotopic (exact) mass is 299 g/mol. The van der Waals surface area contributed by atoms with Crippen molar-refractivity contribution in [2.24, 2.45) is 0 Å². The zero-order chi connectivity index (χ0) is 15.4. The van der Waals surface area contributed by atoms with Crippen LogP contribution in [0.3, 0.4) is 0 Å². The second-order valence-corrected chi connectivity index (χ2v) is 5.42. The van der Waals surface area contributed by atoms with Crippen molar-refractivity contribution < 1.29 is 24.6 Å². The molecule has 0 saturated carbocycles. The second kappa shape index (κ2) is 6.75. The maximum Gasteiger partial charge on any atom is 0.328 e. The summed E-state index contributed by atoms with van der Waals surface area (Å²) in [6.45, 7) is 0.210. The van der Waals surface area contributed by atoms with Gasteiger partial charge in [-0.15, -0.1) is 0 Å². The fourth-order valence-electron chi connectivity index (χ4n) is 2.93. The average Bonchev–Trinajstić information content (AvgIpc) is 2.47. The maximum absolute atomic E-state index is 12.6. The van der Waals surface area contributed by atoms with Crippen LogP contribution in [-0.4, -0.2) is 76.2 Å². The number of carbonyl (C=O) groups is 3. The highest BCUT2D eigenvalue weighted by Crippen LogP contribution is 2.22. The summed E-state index contributed by atoms with van der Waals surface area (Å²) in [6, 6.07) is -1.54. The van der Waals surface area contributed by atoms with E-state index in [1.54, 1.807) is 4.90 Å². The van der Waals surface area contributed by atoms with E-state index < -0.39 is 18.0 Å². The molecule has 2 aliphatic heterocycles. The van der Waals surface area contributed by atoms with E-state index in [-0.39, 0.29) is 31.6 Å². The molecule has 0 bridgehead atoms. The first-order valence-corrected chi connectivity index (χ1v) is 7.22. The van der Waals surface area contributed by atoms with Crippen molar-refractivity contribution in [1.29, 1.82) is 0 Å². The van der Waals surface area contributed by atoms with Crippen LogP contribution in [-0.2, 0) is 9.59 Å². The fraction of sp³-hybridized carbons (Fsp3) is 0.769. The number of carboxylic acids is 1. The van der Waals surface area contributed by atoms with Crippen molar-refractivity contribution in [3.05, 3.63) is 0 Å². The zero-order valence-electron chi connectivity index (χ0n) is 11.8. The Morgan fingerprint density at radius 1 is 1.29 bits per heavy atom. The number of nitrogens with zero attached hydrogens (tertiary/aromatic N) is 2. The Morgan fingerprint density at radius 2 is 2.05 bits per heavy atom. The van der Waals surface area contributed by atoms with Crippen LogP contribution >= 0.6 is 0 Å². The minimum atomic E-state index is -1.13. The van der Waals surface area contributed by atoms with Crippen LogP contribution in [0.15, 0.2) is 0 Å². The highest BCUT2D eigenvalue weighted by atomic mass is 16.4. The van der Waals surface area contributed by atoms with Gasteiger partial charge in [-0.25, -0.2) is 9.59 Å². The van der Waals surface area contributed by atoms with Crippen LogP contribution in [0.5, 0.6) is 0 Å². The van der Waals surface area contributed by atoms with Crippen LogP contribution < -0.4 is 5.32 Å². The molecule has 0 radical (unpaired) electrons. The molecule has 2 unspecified atom stereocenters. The first-order chi connectivity index (χ1) is 10.0. The Kier molecular flexibility index (Phi) is 5.00. The van der Waals surface area contributed by atoms with E-state index in [1.807, 2.05) is 0 Å². The van der Waals surface area contributed by atoms with Gasteiger partial charge in [0.15, 0.2) is 0 Å². The minimum absolute atomic E-state index is 0.0166. The molecule has 8 nitrogen and oxygen atoms in total. The number of carboxylic acid groups (broad SMARTS) is 1. The molecule has 21 heavy (non-hydrogen) atoms. The van der Waals surface area contributed by atoms with Gasteiger partial charge in [-0.2, -0.15) is 0 Å². The molecule has 0 aromatic carbocycles. The number of rotatable bonds is 3. The van der Waals surface area contributed by atoms with Crippen LogP contribution in [0.2, 0.25) is 0 Å². The molecule has 8 heteroatoms. The molecule has 3 N–H and O–H groups in total. The molecule has 0 spiro atoms. The Morgan fingerprint density at radius 3 is 2.71 bits per heavy atom. The predicted molar refractivity (Wildman–Crippen MR) is 72.6 cm³/mol. The van der Waals surface area contributed by atoms with Crippen molar-refractivity contribution in [2.45, 2.75) is 37.8 Å². The van der Waals surface area contributed by atoms with E-state index in [0.29, 0.717) is 13.0 Å². The van der Waals surface area contributed by atoms with Crippen molar-refractivity contribution >= 4 is 17.9 Å². The molecular formula is C13H21N3O5.